The van der Waals surface area contributed by atoms with Crippen molar-refractivity contribution >= 4 is 23.5 Å². The largest absolute Gasteiger partial charge is 0.376 e. The van der Waals surface area contributed by atoms with Gasteiger partial charge in [-0.25, -0.2) is 9.79 Å². The van der Waals surface area contributed by atoms with Crippen molar-refractivity contribution in [3.05, 3.63) is 47.7 Å². The minimum atomic E-state index is -0.656. The lowest BCUT2D eigenvalue weighted by molar-refractivity contribution is -0.142. The molecule has 1 aromatic rings. The molecule has 0 atom stereocenters. The van der Waals surface area contributed by atoms with Crippen LogP contribution in [0.1, 0.15) is 23.2 Å². The number of nitrogens with one attached hydrogen (secondary N) is 2. The number of hydrogen-bond acceptors (Lipinski definition) is 6. The summed E-state index contributed by atoms with van der Waals surface area (Å²) in [5, 5.41) is 4.06. The lowest BCUT2D eigenvalue weighted by Gasteiger charge is -2.08. The molecule has 1 heterocycles. The third-order valence-corrected chi connectivity index (χ3v) is 3.51. The third-order valence-electron chi connectivity index (χ3n) is 3.51. The SMILES string of the molecule is CN1NOC(=O)/C1=C/C(=NC(=O)c1ccccc1)C(=O)NC1CC1. The molecule has 8 nitrogen and oxygen atoms in total. The van der Waals surface area contributed by atoms with E-state index in [0.717, 1.165) is 12.8 Å². The molecule has 0 aromatic heterocycles. The number of benzene rings is 1. The van der Waals surface area contributed by atoms with Crippen molar-refractivity contribution in [2.24, 2.45) is 4.99 Å². The Labute approximate surface area is 138 Å². The molecule has 124 valence electrons. The van der Waals surface area contributed by atoms with Gasteiger partial charge >= 0.3 is 5.97 Å². The first-order chi connectivity index (χ1) is 11.5. The summed E-state index contributed by atoms with van der Waals surface area (Å²) in [5.74, 6) is -1.71. The standard InChI is InChI=1S/C16H16N4O4/c1-20-13(16(23)24-19-20)9-12(15(22)17-11-7-8-11)18-14(21)10-5-3-2-4-6-10/h2-6,9,11,19H,7-8H2,1H3,(H,17,22)/b13-9-,18-12?. The van der Waals surface area contributed by atoms with Crippen LogP contribution in [-0.4, -0.2) is 41.6 Å². The van der Waals surface area contributed by atoms with E-state index in [2.05, 4.69) is 20.7 Å². The van der Waals surface area contributed by atoms with E-state index in [1.54, 1.807) is 37.4 Å². The topological polar surface area (TPSA) is 100 Å². The van der Waals surface area contributed by atoms with Crippen molar-refractivity contribution in [2.45, 2.75) is 18.9 Å². The summed E-state index contributed by atoms with van der Waals surface area (Å²) < 4.78 is 0. The highest BCUT2D eigenvalue weighted by Crippen LogP contribution is 2.19. The van der Waals surface area contributed by atoms with Gasteiger partial charge in [-0.2, -0.15) is 0 Å². The Bertz CT molecular complexity index is 738. The number of amides is 2. The maximum atomic E-state index is 12.3. The summed E-state index contributed by atoms with van der Waals surface area (Å²) in [6.07, 6.45) is 3.03. The molecule has 0 radical (unpaired) electrons. The molecule has 2 amide bonds. The monoisotopic (exact) mass is 328 g/mol. The molecule has 1 saturated heterocycles. The van der Waals surface area contributed by atoms with Gasteiger partial charge in [-0.3, -0.25) is 14.6 Å². The van der Waals surface area contributed by atoms with Crippen molar-refractivity contribution < 1.29 is 19.2 Å². The highest BCUT2D eigenvalue weighted by Gasteiger charge is 2.29. The average Bonchev–Trinajstić information content (AvgIpc) is 3.34. The number of rotatable bonds is 4. The van der Waals surface area contributed by atoms with E-state index < -0.39 is 17.8 Å². The molecule has 2 aliphatic rings. The van der Waals surface area contributed by atoms with E-state index in [4.69, 9.17) is 0 Å². The van der Waals surface area contributed by atoms with E-state index in [1.807, 2.05) is 0 Å². The van der Waals surface area contributed by atoms with Gasteiger partial charge in [0, 0.05) is 24.7 Å². The minimum absolute atomic E-state index is 0.0839. The Morgan fingerprint density at radius 1 is 1.33 bits per heavy atom. The van der Waals surface area contributed by atoms with Crippen LogP contribution in [0.25, 0.3) is 0 Å². The fourth-order valence-corrected chi connectivity index (χ4v) is 2.02. The smallest absolute Gasteiger partial charge is 0.348 e. The molecule has 0 unspecified atom stereocenters. The number of carbonyl (C=O) groups is 3. The Morgan fingerprint density at radius 3 is 2.62 bits per heavy atom. The van der Waals surface area contributed by atoms with Crippen molar-refractivity contribution in [1.82, 2.24) is 15.9 Å². The van der Waals surface area contributed by atoms with Gasteiger partial charge in [-0.05, 0) is 25.0 Å². The Balaban J connectivity index is 1.90. The van der Waals surface area contributed by atoms with Gasteiger partial charge in [-0.15, -0.1) is 0 Å². The normalized spacial score (nSPS) is 19.4. The van der Waals surface area contributed by atoms with Gasteiger partial charge in [0.1, 0.15) is 11.4 Å². The van der Waals surface area contributed by atoms with Crippen molar-refractivity contribution in [1.29, 1.82) is 0 Å². The van der Waals surface area contributed by atoms with Crippen LogP contribution in [0, 0.1) is 0 Å². The van der Waals surface area contributed by atoms with Crippen LogP contribution in [-0.2, 0) is 14.4 Å². The third kappa shape index (κ3) is 3.66. The average molecular weight is 328 g/mol. The summed E-state index contributed by atoms with van der Waals surface area (Å²) in [5.41, 5.74) is 2.64. The molecule has 3 rings (SSSR count). The summed E-state index contributed by atoms with van der Waals surface area (Å²) in [4.78, 5) is 44.8. The predicted octanol–water partition coefficient (Wildman–Crippen LogP) is 0.338. The van der Waals surface area contributed by atoms with E-state index in [9.17, 15) is 14.4 Å². The van der Waals surface area contributed by atoms with Gasteiger partial charge in [0.15, 0.2) is 0 Å². The first kappa shape index (κ1) is 15.9. The van der Waals surface area contributed by atoms with Crippen LogP contribution >= 0.6 is 0 Å². The number of aliphatic imine (C=N–C) groups is 1. The molecule has 1 aromatic carbocycles. The number of carbonyl (C=O) groups excluding carboxylic acids is 3. The Morgan fingerprint density at radius 2 is 2.04 bits per heavy atom. The number of nitrogens with zero attached hydrogens (tertiary/aromatic N) is 2. The van der Waals surface area contributed by atoms with Crippen LogP contribution in [0.3, 0.4) is 0 Å². The van der Waals surface area contributed by atoms with Crippen LogP contribution < -0.4 is 10.9 Å². The maximum Gasteiger partial charge on any atom is 0.376 e. The van der Waals surface area contributed by atoms with Crippen molar-refractivity contribution in [3.63, 3.8) is 0 Å². The van der Waals surface area contributed by atoms with E-state index in [1.165, 1.54) is 11.1 Å². The summed E-state index contributed by atoms with van der Waals surface area (Å²) in [7, 11) is 1.55. The highest BCUT2D eigenvalue weighted by molar-refractivity contribution is 6.45. The second kappa shape index (κ2) is 6.63. The molecule has 24 heavy (non-hydrogen) atoms. The lowest BCUT2D eigenvalue weighted by atomic mass is 10.2. The second-order valence-corrected chi connectivity index (χ2v) is 5.49. The summed E-state index contributed by atoms with van der Waals surface area (Å²) in [6.45, 7) is 0. The lowest BCUT2D eigenvalue weighted by Crippen LogP contribution is -2.33. The van der Waals surface area contributed by atoms with E-state index in [-0.39, 0.29) is 17.5 Å². The van der Waals surface area contributed by atoms with Gasteiger partial charge in [0.25, 0.3) is 11.8 Å². The van der Waals surface area contributed by atoms with Crippen LogP contribution in [0.2, 0.25) is 0 Å². The molecule has 8 heteroatoms. The van der Waals surface area contributed by atoms with Crippen LogP contribution in [0.5, 0.6) is 0 Å². The number of hydrazine groups is 1. The van der Waals surface area contributed by atoms with E-state index >= 15 is 0 Å². The summed E-state index contributed by atoms with van der Waals surface area (Å²) >= 11 is 0. The van der Waals surface area contributed by atoms with Gasteiger partial charge in [-0.1, -0.05) is 23.8 Å². The predicted molar refractivity (Wildman–Crippen MR) is 84.4 cm³/mol. The molecule has 1 aliphatic carbocycles. The fourth-order valence-electron chi connectivity index (χ4n) is 2.02. The molecule has 2 N–H and O–H groups in total. The van der Waals surface area contributed by atoms with Crippen molar-refractivity contribution in [2.75, 3.05) is 7.05 Å². The molecular formula is C16H16N4O4. The maximum absolute atomic E-state index is 12.3. The van der Waals surface area contributed by atoms with Gasteiger partial charge < -0.3 is 10.2 Å². The van der Waals surface area contributed by atoms with E-state index in [0.29, 0.717) is 5.56 Å². The number of likely N-dealkylation sites (N-methyl/N-ethyl adjacent to an activating group) is 1. The quantitative estimate of drug-likeness (QED) is 0.611. The minimum Gasteiger partial charge on any atom is -0.348 e. The van der Waals surface area contributed by atoms with Gasteiger partial charge in [0.2, 0.25) is 0 Å². The van der Waals surface area contributed by atoms with Crippen LogP contribution in [0.15, 0.2) is 47.1 Å². The first-order valence-corrected chi connectivity index (χ1v) is 7.46. The number of hydrogen-bond donors (Lipinski definition) is 2. The molecule has 1 saturated carbocycles. The zero-order valence-electron chi connectivity index (χ0n) is 13.0. The molecule has 2 fully saturated rings. The van der Waals surface area contributed by atoms with Crippen molar-refractivity contribution in [3.8, 4) is 0 Å². The fraction of sp³-hybridized carbons (Fsp3) is 0.250. The highest BCUT2D eigenvalue weighted by atomic mass is 16.7. The molecular weight excluding hydrogens is 312 g/mol. The molecule has 0 spiro atoms. The molecule has 1 aliphatic heterocycles. The van der Waals surface area contributed by atoms with Crippen LogP contribution in [0.4, 0.5) is 0 Å². The zero-order chi connectivity index (χ0) is 17.1. The zero-order valence-corrected chi connectivity index (χ0v) is 13.0. The second-order valence-electron chi connectivity index (χ2n) is 5.49. The Hall–Kier alpha value is -3.00. The van der Waals surface area contributed by atoms with Gasteiger partial charge in [0.05, 0.1) is 0 Å². The Kier molecular flexibility index (Phi) is 4.39. The summed E-state index contributed by atoms with van der Waals surface area (Å²) in [6, 6.07) is 8.49. The molecule has 0 bridgehead atoms. The first-order valence-electron chi connectivity index (χ1n) is 7.46.